The molecular weight excluding hydrogens is 395 g/mol. The van der Waals surface area contributed by atoms with Gasteiger partial charge in [0.15, 0.2) is 0 Å². The van der Waals surface area contributed by atoms with E-state index in [1.807, 2.05) is 6.92 Å². The van der Waals surface area contributed by atoms with E-state index >= 15 is 0 Å². The van der Waals surface area contributed by atoms with Crippen LogP contribution in [0.25, 0.3) is 0 Å². The minimum absolute atomic E-state index is 0.259. The number of hydrogen-bond donors (Lipinski definition) is 1. The third-order valence-electron chi connectivity index (χ3n) is 3.69. The highest BCUT2D eigenvalue weighted by Gasteiger charge is 2.33. The number of halogens is 2. The van der Waals surface area contributed by atoms with Gasteiger partial charge in [-0.15, -0.1) is 0 Å². The summed E-state index contributed by atoms with van der Waals surface area (Å²) >= 11 is 12.1. The molecule has 0 fully saturated rings. The van der Waals surface area contributed by atoms with Gasteiger partial charge in [-0.3, -0.25) is 9.10 Å². The Labute approximate surface area is 164 Å². The first kappa shape index (κ1) is 20.6. The van der Waals surface area contributed by atoms with Gasteiger partial charge in [0, 0.05) is 10.7 Å². The van der Waals surface area contributed by atoms with E-state index in [2.05, 4.69) is 5.32 Å². The Morgan fingerprint density at radius 3 is 2.42 bits per heavy atom. The number of amides is 1. The number of carbonyl (C=O) groups excluding carboxylic acids is 1. The van der Waals surface area contributed by atoms with Crippen molar-refractivity contribution >= 4 is 50.5 Å². The Morgan fingerprint density at radius 1 is 1.15 bits per heavy atom. The molecule has 0 aliphatic rings. The Bertz CT molecular complexity index is 888. The van der Waals surface area contributed by atoms with Crippen molar-refractivity contribution in [2.75, 3.05) is 15.9 Å². The van der Waals surface area contributed by atoms with Gasteiger partial charge in [0.25, 0.3) is 0 Å². The van der Waals surface area contributed by atoms with Crippen LogP contribution in [0.2, 0.25) is 10.0 Å². The highest BCUT2D eigenvalue weighted by molar-refractivity contribution is 7.92. The lowest BCUT2D eigenvalue weighted by Crippen LogP contribution is -2.47. The average Bonchev–Trinajstić information content (AvgIpc) is 2.55. The van der Waals surface area contributed by atoms with Gasteiger partial charge in [-0.2, -0.15) is 0 Å². The first-order chi connectivity index (χ1) is 12.2. The molecule has 0 aromatic heterocycles. The zero-order valence-electron chi connectivity index (χ0n) is 14.4. The molecule has 0 aliphatic carbocycles. The van der Waals surface area contributed by atoms with Crippen LogP contribution in [0.15, 0.2) is 48.5 Å². The van der Waals surface area contributed by atoms with Crippen LogP contribution >= 0.6 is 23.2 Å². The van der Waals surface area contributed by atoms with Crippen LogP contribution < -0.4 is 9.62 Å². The number of anilines is 2. The number of sulfonamides is 1. The van der Waals surface area contributed by atoms with Gasteiger partial charge in [-0.1, -0.05) is 54.7 Å². The lowest BCUT2D eigenvalue weighted by molar-refractivity contribution is -0.117. The number of para-hydroxylation sites is 1. The molecule has 1 atom stereocenters. The van der Waals surface area contributed by atoms with Gasteiger partial charge < -0.3 is 5.32 Å². The summed E-state index contributed by atoms with van der Waals surface area (Å²) < 4.78 is 26.0. The number of nitrogens with zero attached hydrogens (tertiary/aromatic N) is 1. The van der Waals surface area contributed by atoms with Crippen molar-refractivity contribution in [3.05, 3.63) is 58.6 Å². The summed E-state index contributed by atoms with van der Waals surface area (Å²) in [6, 6.07) is 12.3. The number of benzene rings is 2. The predicted molar refractivity (Wildman–Crippen MR) is 108 cm³/mol. The van der Waals surface area contributed by atoms with Gasteiger partial charge in [0.1, 0.15) is 6.04 Å². The van der Waals surface area contributed by atoms with Crippen LogP contribution in [0, 0.1) is 0 Å². The van der Waals surface area contributed by atoms with Crippen LogP contribution in [0.5, 0.6) is 0 Å². The van der Waals surface area contributed by atoms with E-state index in [1.165, 1.54) is 0 Å². The molecule has 1 N–H and O–H groups in total. The summed E-state index contributed by atoms with van der Waals surface area (Å²) in [5.41, 5.74) is 0.771. The summed E-state index contributed by atoms with van der Waals surface area (Å²) in [4.78, 5) is 12.9. The topological polar surface area (TPSA) is 66.5 Å². The molecule has 0 bridgehead atoms. The fourth-order valence-electron chi connectivity index (χ4n) is 2.63. The fraction of sp³-hybridized carbons (Fsp3) is 0.278. The molecule has 0 aliphatic heterocycles. The van der Waals surface area contributed by atoms with Gasteiger partial charge in [0.05, 0.1) is 17.0 Å². The smallest absolute Gasteiger partial charge is 0.248 e. The molecule has 1 unspecified atom stereocenters. The normalized spacial score (nSPS) is 12.5. The Hall–Kier alpha value is -1.76. The molecule has 140 valence electrons. The zero-order chi connectivity index (χ0) is 19.3. The largest absolute Gasteiger partial charge is 0.324 e. The first-order valence-corrected chi connectivity index (χ1v) is 10.6. The van der Waals surface area contributed by atoms with E-state index in [9.17, 15) is 13.2 Å². The molecule has 8 heteroatoms. The third-order valence-corrected chi connectivity index (χ3v) is 5.41. The molecule has 0 saturated heterocycles. The quantitative estimate of drug-likeness (QED) is 0.721. The molecule has 0 saturated carbocycles. The summed E-state index contributed by atoms with van der Waals surface area (Å²) in [6.45, 7) is 1.88. The Kier molecular flexibility index (Phi) is 6.92. The van der Waals surface area contributed by atoms with Crippen LogP contribution in [-0.2, 0) is 14.8 Å². The minimum atomic E-state index is -3.75. The van der Waals surface area contributed by atoms with Crippen LogP contribution in [0.4, 0.5) is 11.4 Å². The number of carbonyl (C=O) groups is 1. The van der Waals surface area contributed by atoms with Crippen molar-refractivity contribution in [2.24, 2.45) is 0 Å². The molecule has 0 radical (unpaired) electrons. The third kappa shape index (κ3) is 5.13. The highest BCUT2D eigenvalue weighted by Crippen LogP contribution is 2.31. The van der Waals surface area contributed by atoms with Crippen molar-refractivity contribution < 1.29 is 13.2 Å². The van der Waals surface area contributed by atoms with E-state index in [0.29, 0.717) is 23.6 Å². The van der Waals surface area contributed by atoms with Crippen molar-refractivity contribution in [1.82, 2.24) is 0 Å². The molecule has 1 amide bonds. The van der Waals surface area contributed by atoms with Gasteiger partial charge in [-0.05, 0) is 36.8 Å². The van der Waals surface area contributed by atoms with E-state index in [0.717, 1.165) is 10.6 Å². The standard InChI is InChI=1S/C18H20Cl2N2O3S/c1-3-7-17(18(23)21-14-9-6-8-13(19)12-14)22(26(2,24)25)16-11-5-4-10-15(16)20/h4-6,8-12,17H,3,7H2,1-2H3,(H,21,23). The molecular formula is C18H20Cl2N2O3S. The average molecular weight is 415 g/mol. The summed E-state index contributed by atoms with van der Waals surface area (Å²) in [6.07, 6.45) is 2.01. The Balaban J connectivity index is 2.43. The van der Waals surface area contributed by atoms with Gasteiger partial charge in [-0.25, -0.2) is 8.42 Å². The predicted octanol–water partition coefficient (Wildman–Crippen LogP) is 4.57. The number of rotatable bonds is 7. The summed E-state index contributed by atoms with van der Waals surface area (Å²) in [7, 11) is -3.75. The lowest BCUT2D eigenvalue weighted by Gasteiger charge is -2.31. The molecule has 2 aromatic carbocycles. The summed E-state index contributed by atoms with van der Waals surface area (Å²) in [5.74, 6) is -0.445. The second-order valence-electron chi connectivity index (χ2n) is 5.81. The maximum absolute atomic E-state index is 12.9. The Morgan fingerprint density at radius 2 is 1.85 bits per heavy atom. The SMILES string of the molecule is CCCC(C(=O)Nc1cccc(Cl)c1)N(c1ccccc1Cl)S(C)(=O)=O. The highest BCUT2D eigenvalue weighted by atomic mass is 35.5. The first-order valence-electron chi connectivity index (χ1n) is 8.04. The zero-order valence-corrected chi connectivity index (χ0v) is 16.8. The summed E-state index contributed by atoms with van der Waals surface area (Å²) in [5, 5.41) is 3.47. The molecule has 5 nitrogen and oxygen atoms in total. The van der Waals surface area contributed by atoms with E-state index in [4.69, 9.17) is 23.2 Å². The molecule has 2 rings (SSSR count). The maximum Gasteiger partial charge on any atom is 0.248 e. The van der Waals surface area contributed by atoms with Crippen molar-refractivity contribution in [3.63, 3.8) is 0 Å². The second kappa shape index (κ2) is 8.75. The van der Waals surface area contributed by atoms with Crippen LogP contribution in [0.3, 0.4) is 0 Å². The monoisotopic (exact) mass is 414 g/mol. The van der Waals surface area contributed by atoms with Gasteiger partial charge >= 0.3 is 0 Å². The van der Waals surface area contributed by atoms with E-state index in [1.54, 1.807) is 48.5 Å². The van der Waals surface area contributed by atoms with Crippen molar-refractivity contribution in [2.45, 2.75) is 25.8 Å². The second-order valence-corrected chi connectivity index (χ2v) is 8.52. The van der Waals surface area contributed by atoms with Crippen molar-refractivity contribution in [1.29, 1.82) is 0 Å². The molecule has 2 aromatic rings. The fourth-order valence-corrected chi connectivity index (χ4v) is 4.28. The number of nitrogens with one attached hydrogen (secondary N) is 1. The maximum atomic E-state index is 12.9. The van der Waals surface area contributed by atoms with Crippen LogP contribution in [0.1, 0.15) is 19.8 Å². The van der Waals surface area contributed by atoms with Crippen molar-refractivity contribution in [3.8, 4) is 0 Å². The van der Waals surface area contributed by atoms with E-state index in [-0.39, 0.29) is 10.7 Å². The van der Waals surface area contributed by atoms with Crippen LogP contribution in [-0.4, -0.2) is 26.6 Å². The molecule has 0 spiro atoms. The van der Waals surface area contributed by atoms with E-state index < -0.39 is 22.0 Å². The lowest BCUT2D eigenvalue weighted by atomic mass is 10.1. The minimum Gasteiger partial charge on any atom is -0.324 e. The molecule has 26 heavy (non-hydrogen) atoms. The molecule has 0 heterocycles. The van der Waals surface area contributed by atoms with Gasteiger partial charge in [0.2, 0.25) is 15.9 Å². The number of hydrogen-bond acceptors (Lipinski definition) is 3.